The van der Waals surface area contributed by atoms with E-state index in [0.29, 0.717) is 6.73 Å². The minimum atomic E-state index is -0.121. The number of hydrogen-bond donors (Lipinski definition) is 0. The van der Waals surface area contributed by atoms with Crippen molar-refractivity contribution in [3.8, 4) is 0 Å². The smallest absolute Gasteiger partial charge is 0.138 e. The van der Waals surface area contributed by atoms with Crippen LogP contribution in [0.25, 0.3) is 0 Å². The maximum absolute atomic E-state index is 4.98. The van der Waals surface area contributed by atoms with Gasteiger partial charge in [0.25, 0.3) is 0 Å². The summed E-state index contributed by atoms with van der Waals surface area (Å²) in [5.74, 6) is 0. The summed E-state index contributed by atoms with van der Waals surface area (Å²) in [6, 6.07) is 10.4. The van der Waals surface area contributed by atoms with Crippen LogP contribution in [0.5, 0.6) is 0 Å². The van der Waals surface area contributed by atoms with Crippen LogP contribution in [0, 0.1) is 0 Å². The first kappa shape index (κ1) is 11.4. The van der Waals surface area contributed by atoms with Crippen molar-refractivity contribution < 1.29 is 4.74 Å². The Kier molecular flexibility index (Phi) is 3.17. The van der Waals surface area contributed by atoms with Gasteiger partial charge in [-0.2, -0.15) is 0 Å². The monoisotopic (exact) mass is 233 g/mol. The van der Waals surface area contributed by atoms with E-state index in [1.807, 2.05) is 18.2 Å². The van der Waals surface area contributed by atoms with E-state index in [2.05, 4.69) is 30.6 Å². The molecule has 1 aliphatic rings. The van der Waals surface area contributed by atoms with E-state index in [1.54, 1.807) is 18.9 Å². The summed E-state index contributed by atoms with van der Waals surface area (Å²) in [7, 11) is 1.65. The Labute approximate surface area is 100 Å². The lowest BCUT2D eigenvalue weighted by molar-refractivity contribution is 0.208. The number of hydrogen-bond acceptors (Lipinski definition) is 3. The van der Waals surface area contributed by atoms with Crippen molar-refractivity contribution in [3.05, 3.63) is 47.4 Å². The van der Waals surface area contributed by atoms with E-state index in [9.17, 15) is 0 Å². The molecule has 1 aromatic rings. The van der Waals surface area contributed by atoms with Crippen LogP contribution in [-0.4, -0.2) is 18.9 Å². The molecule has 0 saturated carbocycles. The van der Waals surface area contributed by atoms with Gasteiger partial charge < -0.3 is 4.74 Å². The number of ether oxygens (including phenoxy) is 1. The first-order valence-corrected chi connectivity index (χ1v) is 5.98. The molecule has 2 nitrogen and oxygen atoms in total. The van der Waals surface area contributed by atoms with Gasteiger partial charge in [0.1, 0.15) is 6.73 Å². The molecule has 0 spiro atoms. The highest BCUT2D eigenvalue weighted by Crippen LogP contribution is 2.52. The second kappa shape index (κ2) is 4.44. The standard InChI is InChI=1S/C13H15NOS/c1-10-13(2,11-7-5-4-6-8-11)12(16-10)14-9-15-3/h4-8H,1,9H2,2-3H3. The summed E-state index contributed by atoms with van der Waals surface area (Å²) in [5, 5.41) is 1.09. The second-order valence-corrected chi connectivity index (χ2v) is 4.98. The lowest BCUT2D eigenvalue weighted by Gasteiger charge is -2.42. The van der Waals surface area contributed by atoms with Crippen LogP contribution >= 0.6 is 11.8 Å². The molecule has 1 unspecified atom stereocenters. The highest BCUT2D eigenvalue weighted by atomic mass is 32.2. The SMILES string of the molecule is C=C1SC(=NCOC)C1(C)c1ccccc1. The van der Waals surface area contributed by atoms with E-state index < -0.39 is 0 Å². The molecule has 1 fully saturated rings. The fourth-order valence-electron chi connectivity index (χ4n) is 1.76. The van der Waals surface area contributed by atoms with Gasteiger partial charge in [0.15, 0.2) is 0 Å². The quantitative estimate of drug-likeness (QED) is 0.799. The second-order valence-electron chi connectivity index (χ2n) is 3.90. The average Bonchev–Trinajstić information content (AvgIpc) is 2.34. The van der Waals surface area contributed by atoms with E-state index in [4.69, 9.17) is 4.74 Å². The molecule has 1 aromatic carbocycles. The Morgan fingerprint density at radius 2 is 2.06 bits per heavy atom. The first-order valence-electron chi connectivity index (χ1n) is 5.16. The highest BCUT2D eigenvalue weighted by molar-refractivity contribution is 8.20. The van der Waals surface area contributed by atoms with Gasteiger partial charge in [0.2, 0.25) is 0 Å². The van der Waals surface area contributed by atoms with Crippen molar-refractivity contribution >= 4 is 16.8 Å². The Hall–Kier alpha value is -1.06. The zero-order valence-electron chi connectivity index (χ0n) is 9.56. The number of allylic oxidation sites excluding steroid dienone is 1. The molecular weight excluding hydrogens is 218 g/mol. The Bertz CT molecular complexity index is 427. The fourth-order valence-corrected chi connectivity index (χ4v) is 2.82. The van der Waals surface area contributed by atoms with E-state index in [0.717, 1.165) is 9.95 Å². The molecule has 1 aliphatic heterocycles. The van der Waals surface area contributed by atoms with Gasteiger partial charge in [-0.05, 0) is 12.5 Å². The predicted molar refractivity (Wildman–Crippen MR) is 69.8 cm³/mol. The van der Waals surface area contributed by atoms with Crippen LogP contribution < -0.4 is 0 Å². The van der Waals surface area contributed by atoms with Crippen molar-refractivity contribution in [2.45, 2.75) is 12.3 Å². The van der Waals surface area contributed by atoms with E-state index >= 15 is 0 Å². The van der Waals surface area contributed by atoms with Crippen LogP contribution in [-0.2, 0) is 10.2 Å². The molecule has 1 heterocycles. The summed E-state index contributed by atoms with van der Waals surface area (Å²) in [4.78, 5) is 5.57. The Morgan fingerprint density at radius 3 is 2.62 bits per heavy atom. The molecule has 1 atom stereocenters. The predicted octanol–water partition coefficient (Wildman–Crippen LogP) is 3.21. The van der Waals surface area contributed by atoms with Gasteiger partial charge in [-0.3, -0.25) is 4.99 Å². The third-order valence-electron chi connectivity index (χ3n) is 2.89. The fraction of sp³-hybridized carbons (Fsp3) is 0.308. The van der Waals surface area contributed by atoms with Crippen molar-refractivity contribution in [2.24, 2.45) is 4.99 Å². The molecule has 0 amide bonds. The average molecular weight is 233 g/mol. The number of thioether (sulfide) groups is 1. The van der Waals surface area contributed by atoms with Gasteiger partial charge in [0, 0.05) is 12.0 Å². The van der Waals surface area contributed by atoms with Crippen LogP contribution in [0.2, 0.25) is 0 Å². The molecule has 3 heteroatoms. The number of rotatable bonds is 3. The van der Waals surface area contributed by atoms with Crippen molar-refractivity contribution in [1.29, 1.82) is 0 Å². The van der Waals surface area contributed by atoms with Gasteiger partial charge in [0.05, 0.1) is 10.5 Å². The third kappa shape index (κ3) is 1.70. The van der Waals surface area contributed by atoms with Crippen molar-refractivity contribution in [3.63, 3.8) is 0 Å². The summed E-state index contributed by atoms with van der Waals surface area (Å²) < 4.78 is 4.98. The molecule has 0 radical (unpaired) electrons. The maximum atomic E-state index is 4.98. The van der Waals surface area contributed by atoms with Crippen molar-refractivity contribution in [1.82, 2.24) is 0 Å². The molecule has 0 aliphatic carbocycles. The van der Waals surface area contributed by atoms with Gasteiger partial charge in [-0.25, -0.2) is 0 Å². The Morgan fingerprint density at radius 1 is 1.38 bits per heavy atom. The number of methoxy groups -OCH3 is 1. The minimum absolute atomic E-state index is 0.121. The van der Waals surface area contributed by atoms with Gasteiger partial charge in [-0.1, -0.05) is 48.7 Å². The first-order chi connectivity index (χ1) is 7.69. The molecule has 0 aromatic heterocycles. The van der Waals surface area contributed by atoms with E-state index in [-0.39, 0.29) is 5.41 Å². The summed E-state index contributed by atoms with van der Waals surface area (Å²) in [6.45, 7) is 6.67. The van der Waals surface area contributed by atoms with E-state index in [1.165, 1.54) is 5.56 Å². The largest absolute Gasteiger partial charge is 0.363 e. The normalized spacial score (nSPS) is 26.9. The van der Waals surface area contributed by atoms with Gasteiger partial charge in [-0.15, -0.1) is 0 Å². The van der Waals surface area contributed by atoms with Crippen LogP contribution in [0.1, 0.15) is 12.5 Å². The summed E-state index contributed by atoms with van der Waals surface area (Å²) in [5.41, 5.74) is 1.12. The zero-order chi connectivity index (χ0) is 11.6. The molecule has 0 bridgehead atoms. The molecule has 1 saturated heterocycles. The topological polar surface area (TPSA) is 21.6 Å². The molecule has 0 N–H and O–H groups in total. The molecule has 84 valence electrons. The van der Waals surface area contributed by atoms with Gasteiger partial charge >= 0.3 is 0 Å². The third-order valence-corrected chi connectivity index (χ3v) is 4.28. The van der Waals surface area contributed by atoms with Crippen molar-refractivity contribution in [2.75, 3.05) is 13.8 Å². The van der Waals surface area contributed by atoms with Crippen LogP contribution in [0.4, 0.5) is 0 Å². The Balaban J connectivity index is 2.33. The van der Waals surface area contributed by atoms with Crippen LogP contribution in [0.3, 0.4) is 0 Å². The van der Waals surface area contributed by atoms with Crippen LogP contribution in [0.15, 0.2) is 46.8 Å². The lowest BCUT2D eigenvalue weighted by Crippen LogP contribution is -2.40. The molecule has 16 heavy (non-hydrogen) atoms. The number of benzene rings is 1. The number of nitrogens with zero attached hydrogens (tertiary/aromatic N) is 1. The summed E-state index contributed by atoms with van der Waals surface area (Å²) >= 11 is 1.65. The maximum Gasteiger partial charge on any atom is 0.138 e. The molecule has 2 rings (SSSR count). The lowest BCUT2D eigenvalue weighted by atomic mass is 9.82. The highest BCUT2D eigenvalue weighted by Gasteiger charge is 2.45. The molecular formula is C13H15NOS. The minimum Gasteiger partial charge on any atom is -0.363 e. The number of aliphatic imine (C=N–C) groups is 1. The summed E-state index contributed by atoms with van der Waals surface area (Å²) in [6.07, 6.45) is 0. The zero-order valence-corrected chi connectivity index (χ0v) is 10.4.